The molecule has 0 saturated heterocycles. The minimum atomic E-state index is -1.01. The fourth-order valence-corrected chi connectivity index (χ4v) is 1.81. The Morgan fingerprint density at radius 1 is 1.24 bits per heavy atom. The molecule has 0 aliphatic carbocycles. The van der Waals surface area contributed by atoms with Crippen LogP contribution in [0.15, 0.2) is 4.99 Å². The van der Waals surface area contributed by atoms with Crippen LogP contribution in [0.3, 0.4) is 0 Å². The van der Waals surface area contributed by atoms with E-state index in [2.05, 4.69) is 11.9 Å². The second kappa shape index (κ2) is 12.3. The molecule has 122 valence electrons. The number of aliphatic carboxylic acids is 1. The number of carboxylic acids is 1. The van der Waals surface area contributed by atoms with Crippen molar-refractivity contribution in [2.24, 2.45) is 10.7 Å². The first kappa shape index (κ1) is 19.6. The zero-order chi connectivity index (χ0) is 16.1. The molecule has 2 unspecified atom stereocenters. The fraction of sp³-hybridized carbons (Fsp3) is 0.800. The van der Waals surface area contributed by atoms with Gasteiger partial charge >= 0.3 is 12.1 Å². The van der Waals surface area contributed by atoms with E-state index in [1.165, 1.54) is 19.1 Å². The molecule has 0 aliphatic heterocycles. The number of carbonyl (C=O) groups excluding carboxylic acids is 1. The van der Waals surface area contributed by atoms with Crippen LogP contribution in [0.25, 0.3) is 0 Å². The molecule has 0 fully saturated rings. The predicted octanol–water partition coefficient (Wildman–Crippen LogP) is 3.13. The first-order valence-corrected chi connectivity index (χ1v) is 7.68. The van der Waals surface area contributed by atoms with Gasteiger partial charge in [0.15, 0.2) is 0 Å². The van der Waals surface area contributed by atoms with Gasteiger partial charge in [-0.05, 0) is 39.0 Å². The number of amides is 1. The summed E-state index contributed by atoms with van der Waals surface area (Å²) in [7, 11) is 0. The van der Waals surface area contributed by atoms with Crippen LogP contribution in [0.5, 0.6) is 0 Å². The predicted molar refractivity (Wildman–Crippen MR) is 82.7 cm³/mol. The quantitative estimate of drug-likeness (QED) is 0.451. The maximum absolute atomic E-state index is 11.4. The molecule has 21 heavy (non-hydrogen) atoms. The highest BCUT2D eigenvalue weighted by atomic mass is 16.6. The van der Waals surface area contributed by atoms with E-state index in [9.17, 15) is 9.59 Å². The summed E-state index contributed by atoms with van der Waals surface area (Å²) in [5, 5.41) is 8.60. The molecule has 0 saturated carbocycles. The van der Waals surface area contributed by atoms with Gasteiger partial charge in [0.2, 0.25) is 0 Å². The topological polar surface area (TPSA) is 102 Å². The van der Waals surface area contributed by atoms with Crippen molar-refractivity contribution in [1.82, 2.24) is 0 Å². The van der Waals surface area contributed by atoms with Crippen LogP contribution < -0.4 is 5.73 Å². The molecule has 0 aromatic carbocycles. The van der Waals surface area contributed by atoms with Gasteiger partial charge in [0.05, 0.1) is 0 Å². The lowest BCUT2D eigenvalue weighted by atomic mass is 10.1. The van der Waals surface area contributed by atoms with Gasteiger partial charge in [0, 0.05) is 6.21 Å². The largest absolute Gasteiger partial charge is 0.480 e. The molecule has 0 heterocycles. The third-order valence-electron chi connectivity index (χ3n) is 3.13. The minimum Gasteiger partial charge on any atom is -0.480 e. The van der Waals surface area contributed by atoms with E-state index in [1.807, 2.05) is 6.92 Å². The Hall–Kier alpha value is -1.43. The lowest BCUT2D eigenvalue weighted by Crippen LogP contribution is -2.29. The van der Waals surface area contributed by atoms with Crippen LogP contribution in [0, 0.1) is 0 Å². The molecule has 6 nitrogen and oxygen atoms in total. The summed E-state index contributed by atoms with van der Waals surface area (Å²) in [5.74, 6) is -1.01. The van der Waals surface area contributed by atoms with Gasteiger partial charge in [0.25, 0.3) is 0 Å². The average Bonchev–Trinajstić information content (AvgIpc) is 2.42. The van der Waals surface area contributed by atoms with Gasteiger partial charge < -0.3 is 15.6 Å². The minimum absolute atomic E-state index is 0.119. The summed E-state index contributed by atoms with van der Waals surface area (Å²) >= 11 is 0. The van der Waals surface area contributed by atoms with Crippen molar-refractivity contribution in [3.63, 3.8) is 0 Å². The summed E-state index contributed by atoms with van der Waals surface area (Å²) in [5.41, 5.74) is 5.36. The maximum atomic E-state index is 11.4. The molecule has 2 atom stereocenters. The lowest BCUT2D eigenvalue weighted by Gasteiger charge is -2.10. The third kappa shape index (κ3) is 12.1. The summed E-state index contributed by atoms with van der Waals surface area (Å²) in [6.07, 6.45) is 7.68. The van der Waals surface area contributed by atoms with Crippen molar-refractivity contribution in [1.29, 1.82) is 0 Å². The number of hydrogen-bond donors (Lipinski definition) is 2. The molecule has 0 aliphatic rings. The second-order valence-electron chi connectivity index (χ2n) is 5.23. The van der Waals surface area contributed by atoms with Crippen molar-refractivity contribution in [3.05, 3.63) is 0 Å². The van der Waals surface area contributed by atoms with E-state index in [0.717, 1.165) is 19.3 Å². The maximum Gasteiger partial charge on any atom is 0.433 e. The molecule has 1 amide bonds. The van der Waals surface area contributed by atoms with Crippen LogP contribution in [-0.2, 0) is 9.53 Å². The third-order valence-corrected chi connectivity index (χ3v) is 3.13. The summed E-state index contributed by atoms with van der Waals surface area (Å²) < 4.78 is 5.14. The molecular weight excluding hydrogens is 272 g/mol. The Morgan fingerprint density at radius 3 is 2.57 bits per heavy atom. The highest BCUT2D eigenvalue weighted by Gasteiger charge is 2.10. The number of unbranched alkanes of at least 4 members (excludes halogenated alkanes) is 4. The van der Waals surface area contributed by atoms with E-state index >= 15 is 0 Å². The number of nitrogens with zero attached hydrogens (tertiary/aromatic N) is 1. The smallest absolute Gasteiger partial charge is 0.433 e. The van der Waals surface area contributed by atoms with Gasteiger partial charge in [0.1, 0.15) is 12.1 Å². The Labute approximate surface area is 126 Å². The summed E-state index contributed by atoms with van der Waals surface area (Å²) in [4.78, 5) is 25.6. The van der Waals surface area contributed by atoms with Gasteiger partial charge in [-0.25, -0.2) is 4.79 Å². The first-order chi connectivity index (χ1) is 9.97. The highest BCUT2D eigenvalue weighted by Crippen LogP contribution is 2.08. The molecular formula is C15H28N2O4. The van der Waals surface area contributed by atoms with Gasteiger partial charge in [-0.15, -0.1) is 0 Å². The van der Waals surface area contributed by atoms with E-state index in [4.69, 9.17) is 15.6 Å². The van der Waals surface area contributed by atoms with Crippen LogP contribution in [0.4, 0.5) is 4.79 Å². The first-order valence-electron chi connectivity index (χ1n) is 7.68. The normalized spacial score (nSPS) is 14.0. The Balaban J connectivity index is 3.68. The van der Waals surface area contributed by atoms with Crippen LogP contribution in [0.1, 0.15) is 65.2 Å². The Kier molecular flexibility index (Phi) is 11.5. The van der Waals surface area contributed by atoms with Crippen molar-refractivity contribution in [2.75, 3.05) is 0 Å². The van der Waals surface area contributed by atoms with Crippen LogP contribution >= 0.6 is 0 Å². The van der Waals surface area contributed by atoms with Crippen LogP contribution in [0.2, 0.25) is 0 Å². The fourth-order valence-electron chi connectivity index (χ4n) is 1.81. The number of nitrogens with two attached hydrogens (primary N) is 1. The van der Waals surface area contributed by atoms with E-state index in [0.29, 0.717) is 19.3 Å². The van der Waals surface area contributed by atoms with Crippen molar-refractivity contribution < 1.29 is 19.4 Å². The zero-order valence-electron chi connectivity index (χ0n) is 13.1. The summed E-state index contributed by atoms with van der Waals surface area (Å²) in [6, 6.07) is -0.853. The monoisotopic (exact) mass is 300 g/mol. The zero-order valence-corrected chi connectivity index (χ0v) is 13.1. The molecule has 0 bridgehead atoms. The number of ether oxygens (including phenoxy) is 1. The van der Waals surface area contributed by atoms with E-state index in [-0.39, 0.29) is 6.10 Å². The molecule has 0 spiro atoms. The molecule has 6 heteroatoms. The highest BCUT2D eigenvalue weighted by molar-refractivity contribution is 5.79. The molecule has 0 radical (unpaired) electrons. The molecule has 3 N–H and O–H groups in total. The number of rotatable bonds is 11. The van der Waals surface area contributed by atoms with E-state index in [1.54, 1.807) is 0 Å². The standard InChI is InChI=1S/C15H28N2O4/c1-3-4-5-6-9-12(2)21-15(20)17-11-8-7-10-13(16)14(18)19/h11-13H,3-10,16H2,1-2H3,(H,18,19)/b17-11+. The van der Waals surface area contributed by atoms with Crippen molar-refractivity contribution >= 4 is 18.3 Å². The van der Waals surface area contributed by atoms with Crippen molar-refractivity contribution in [3.8, 4) is 0 Å². The van der Waals surface area contributed by atoms with E-state index < -0.39 is 18.1 Å². The molecule has 0 rings (SSSR count). The second-order valence-corrected chi connectivity index (χ2v) is 5.23. The Morgan fingerprint density at radius 2 is 1.95 bits per heavy atom. The average molecular weight is 300 g/mol. The number of carbonyl (C=O) groups is 2. The van der Waals surface area contributed by atoms with Gasteiger partial charge in [-0.2, -0.15) is 4.99 Å². The number of carboxylic acid groups (broad SMARTS) is 1. The number of hydrogen-bond acceptors (Lipinski definition) is 4. The SMILES string of the molecule is CCCCCCC(C)OC(=O)/N=C/CCCC(N)C(=O)O. The van der Waals surface area contributed by atoms with Gasteiger partial charge in [-0.1, -0.05) is 26.2 Å². The van der Waals surface area contributed by atoms with Crippen molar-refractivity contribution in [2.45, 2.75) is 77.4 Å². The Bertz CT molecular complexity index is 332. The molecule has 0 aromatic rings. The molecule has 0 aromatic heterocycles. The summed E-state index contributed by atoms with van der Waals surface area (Å²) in [6.45, 7) is 4.02. The number of aliphatic imine (C=N–C) groups is 1. The lowest BCUT2D eigenvalue weighted by molar-refractivity contribution is -0.138. The van der Waals surface area contributed by atoms with Gasteiger partial charge in [-0.3, -0.25) is 4.79 Å². The van der Waals surface area contributed by atoms with Crippen LogP contribution in [-0.4, -0.2) is 35.5 Å².